The van der Waals surface area contributed by atoms with E-state index in [1.165, 1.54) is 12.1 Å². The van der Waals surface area contributed by atoms with Crippen molar-refractivity contribution in [1.82, 2.24) is 24.8 Å². The van der Waals surface area contributed by atoms with Gasteiger partial charge in [0.1, 0.15) is 29.5 Å². The van der Waals surface area contributed by atoms with Crippen molar-refractivity contribution < 1.29 is 22.8 Å². The van der Waals surface area contributed by atoms with E-state index in [-0.39, 0.29) is 51.4 Å². The highest BCUT2D eigenvalue weighted by molar-refractivity contribution is 6.04. The first-order valence-corrected chi connectivity index (χ1v) is 17.4. The first-order valence-electron chi connectivity index (χ1n) is 18.9. The summed E-state index contributed by atoms with van der Waals surface area (Å²) in [5, 5.41) is 1.50. The van der Waals surface area contributed by atoms with Crippen LogP contribution < -0.4 is 14.4 Å². The van der Waals surface area contributed by atoms with Crippen LogP contribution >= 0.6 is 0 Å². The Bertz CT molecular complexity index is 2120. The van der Waals surface area contributed by atoms with Crippen molar-refractivity contribution in [3.8, 4) is 35.4 Å². The number of nitrogens with zero attached hydrogens (tertiary/aromatic N) is 6. The number of hydrogen-bond acceptors (Lipinski definition) is 8. The second-order valence-corrected chi connectivity index (χ2v) is 14.5. The van der Waals surface area contributed by atoms with Gasteiger partial charge in [0.05, 0.1) is 33.7 Å². The molecule has 3 aliphatic rings. The van der Waals surface area contributed by atoms with Crippen molar-refractivity contribution in [3.05, 3.63) is 60.6 Å². The Kier molecular flexibility index (Phi) is 7.94. The SMILES string of the molecule is [2H]C([2H])([2H])Oc1c(-c2cccc3ccc(F)c(C#C)c23)ncc2c(N3CCCC(C)(C)C(N(C)C(=O)C=C)C3)nc(OCC34CCCN3CCC4)nc12. The normalized spacial score (nSPS) is 21.1. The van der Waals surface area contributed by atoms with Gasteiger partial charge in [-0.15, -0.1) is 6.42 Å². The molecule has 0 saturated carbocycles. The van der Waals surface area contributed by atoms with E-state index >= 15 is 4.39 Å². The molecular weight excluding hydrogens is 631 g/mol. The molecule has 2 aromatic carbocycles. The maximum Gasteiger partial charge on any atom is 0.319 e. The molecule has 9 nitrogen and oxygen atoms in total. The fraction of sp³-hybridized carbons (Fsp3) is 0.450. The summed E-state index contributed by atoms with van der Waals surface area (Å²) < 4.78 is 52.1. The lowest BCUT2D eigenvalue weighted by atomic mass is 9.80. The molecule has 1 unspecified atom stereocenters. The molecule has 1 atom stereocenters. The Morgan fingerprint density at radius 2 is 1.96 bits per heavy atom. The van der Waals surface area contributed by atoms with Crippen molar-refractivity contribution in [2.45, 2.75) is 64.0 Å². The summed E-state index contributed by atoms with van der Waals surface area (Å²) in [6, 6.07) is 8.08. The van der Waals surface area contributed by atoms with Gasteiger partial charge in [0, 0.05) is 37.3 Å². The number of pyridine rings is 1. The fourth-order valence-electron chi connectivity index (χ4n) is 8.55. The van der Waals surface area contributed by atoms with E-state index in [2.05, 4.69) is 36.1 Å². The van der Waals surface area contributed by atoms with Gasteiger partial charge >= 0.3 is 6.01 Å². The molecule has 0 spiro atoms. The van der Waals surface area contributed by atoms with Crippen LogP contribution in [0, 0.1) is 23.6 Å². The van der Waals surface area contributed by atoms with Gasteiger partial charge in [-0.3, -0.25) is 14.7 Å². The molecule has 4 aromatic rings. The van der Waals surface area contributed by atoms with E-state index < -0.39 is 12.9 Å². The van der Waals surface area contributed by atoms with Crippen molar-refractivity contribution in [2.24, 2.45) is 5.41 Å². The van der Waals surface area contributed by atoms with E-state index in [4.69, 9.17) is 35.0 Å². The number of likely N-dealkylation sites (N-methyl/N-ethyl adjacent to an activating group) is 1. The van der Waals surface area contributed by atoms with Crippen LogP contribution in [0.15, 0.2) is 49.2 Å². The minimum absolute atomic E-state index is 0.0283. The number of hydrogen-bond donors (Lipinski definition) is 0. The Morgan fingerprint density at radius 1 is 1.18 bits per heavy atom. The number of amides is 1. The third kappa shape index (κ3) is 5.71. The highest BCUT2D eigenvalue weighted by Crippen LogP contribution is 2.44. The van der Waals surface area contributed by atoms with Crippen LogP contribution in [-0.4, -0.2) is 89.1 Å². The Balaban J connectivity index is 1.45. The first-order chi connectivity index (χ1) is 25.2. The quantitative estimate of drug-likeness (QED) is 0.152. The third-order valence-corrected chi connectivity index (χ3v) is 11.3. The molecule has 0 N–H and O–H groups in total. The predicted molar refractivity (Wildman–Crippen MR) is 195 cm³/mol. The zero-order valence-electron chi connectivity index (χ0n) is 32.0. The largest absolute Gasteiger partial charge is 0.492 e. The summed E-state index contributed by atoms with van der Waals surface area (Å²) in [4.78, 5) is 34.0. The van der Waals surface area contributed by atoms with Crippen LogP contribution in [0.5, 0.6) is 11.8 Å². The molecule has 50 heavy (non-hydrogen) atoms. The van der Waals surface area contributed by atoms with Crippen LogP contribution in [0.4, 0.5) is 10.2 Å². The number of ether oxygens (including phenoxy) is 2. The summed E-state index contributed by atoms with van der Waals surface area (Å²) in [5.41, 5.74) is 0.400. The van der Waals surface area contributed by atoms with E-state index in [1.54, 1.807) is 42.4 Å². The lowest BCUT2D eigenvalue weighted by Gasteiger charge is -2.40. The van der Waals surface area contributed by atoms with Crippen LogP contribution in [0.25, 0.3) is 32.9 Å². The molecule has 3 saturated heterocycles. The maximum atomic E-state index is 15.1. The van der Waals surface area contributed by atoms with Gasteiger partial charge < -0.3 is 19.3 Å². The average Bonchev–Trinajstić information content (AvgIpc) is 3.66. The van der Waals surface area contributed by atoms with Crippen molar-refractivity contribution >= 4 is 33.4 Å². The number of aromatic nitrogens is 3. The van der Waals surface area contributed by atoms with Gasteiger partial charge in [-0.05, 0) is 74.6 Å². The number of terminal acetylenes is 1. The highest BCUT2D eigenvalue weighted by Gasteiger charge is 2.45. The lowest BCUT2D eigenvalue weighted by Crippen LogP contribution is -2.50. The third-order valence-electron chi connectivity index (χ3n) is 11.3. The van der Waals surface area contributed by atoms with Gasteiger partial charge in [-0.25, -0.2) is 4.39 Å². The first kappa shape index (κ1) is 30.1. The summed E-state index contributed by atoms with van der Waals surface area (Å²) in [5.74, 6) is 2.06. The van der Waals surface area contributed by atoms with E-state index in [0.29, 0.717) is 47.2 Å². The molecule has 10 heteroatoms. The summed E-state index contributed by atoms with van der Waals surface area (Å²) in [6.45, 7) is 11.5. The van der Waals surface area contributed by atoms with Crippen LogP contribution in [0.3, 0.4) is 0 Å². The monoisotopic (exact) mass is 679 g/mol. The fourth-order valence-corrected chi connectivity index (χ4v) is 8.55. The molecule has 5 heterocycles. The Labute approximate surface area is 297 Å². The number of carbonyl (C=O) groups is 1. The molecule has 0 radical (unpaired) electrons. The summed E-state index contributed by atoms with van der Waals surface area (Å²) in [6.07, 6.45) is 14.6. The van der Waals surface area contributed by atoms with Gasteiger partial charge in [-0.2, -0.15) is 9.97 Å². The van der Waals surface area contributed by atoms with Crippen molar-refractivity contribution in [3.63, 3.8) is 0 Å². The Hall–Kier alpha value is -4.75. The van der Waals surface area contributed by atoms with E-state index in [0.717, 1.165) is 51.6 Å². The lowest BCUT2D eigenvalue weighted by molar-refractivity contribution is -0.128. The topological polar surface area (TPSA) is 83.9 Å². The average molecular weight is 680 g/mol. The van der Waals surface area contributed by atoms with Crippen molar-refractivity contribution in [2.75, 3.05) is 51.8 Å². The molecule has 2 aromatic heterocycles. The number of anilines is 1. The summed E-state index contributed by atoms with van der Waals surface area (Å²) in [7, 11) is -1.12. The van der Waals surface area contributed by atoms with Gasteiger partial charge in [0.25, 0.3) is 0 Å². The van der Waals surface area contributed by atoms with E-state index in [9.17, 15) is 4.79 Å². The maximum absolute atomic E-state index is 15.1. The Morgan fingerprint density at radius 3 is 2.70 bits per heavy atom. The summed E-state index contributed by atoms with van der Waals surface area (Å²) >= 11 is 0. The van der Waals surface area contributed by atoms with Gasteiger partial charge in [0.2, 0.25) is 5.91 Å². The van der Waals surface area contributed by atoms with Crippen LogP contribution in [-0.2, 0) is 4.79 Å². The molecule has 0 aliphatic carbocycles. The second kappa shape index (κ2) is 13.2. The van der Waals surface area contributed by atoms with Gasteiger partial charge in [-0.1, -0.05) is 50.6 Å². The number of carbonyl (C=O) groups excluding carboxylic acids is 1. The molecular formula is C40H45FN6O3. The zero-order valence-corrected chi connectivity index (χ0v) is 29.0. The second-order valence-electron chi connectivity index (χ2n) is 14.5. The number of benzene rings is 2. The number of rotatable bonds is 8. The minimum Gasteiger partial charge on any atom is -0.492 e. The van der Waals surface area contributed by atoms with Crippen molar-refractivity contribution in [1.29, 1.82) is 0 Å². The minimum atomic E-state index is -2.90. The standard InChI is InChI=1S/C40H45FN6O3/c1-7-27-30(41)16-15-26-13-9-14-28(33(26)27)34-36(49-6)35-29(23-42-34)37(44-38(43-35)50-25-40-18-11-21-47(40)22-12-19-40)46-20-10-17-39(3,4)31(24-46)45(5)32(48)8-2/h1,8-9,13-16,23,31H,2,10-12,17-22,24-25H2,3-6H3/i6D3. The molecule has 7 rings (SSSR count). The number of halogens is 1. The smallest absolute Gasteiger partial charge is 0.319 e. The molecule has 3 fully saturated rings. The number of methoxy groups -OCH3 is 1. The number of fused-ring (bicyclic) bond motifs is 3. The van der Waals surface area contributed by atoms with E-state index in [1.807, 2.05) is 0 Å². The van der Waals surface area contributed by atoms with Crippen LogP contribution in [0.2, 0.25) is 0 Å². The van der Waals surface area contributed by atoms with Crippen LogP contribution in [0.1, 0.15) is 62.0 Å². The predicted octanol–water partition coefficient (Wildman–Crippen LogP) is 6.62. The molecule has 0 bridgehead atoms. The molecule has 3 aliphatic heterocycles. The molecule has 260 valence electrons. The van der Waals surface area contributed by atoms with Gasteiger partial charge in [0.15, 0.2) is 5.75 Å². The highest BCUT2D eigenvalue weighted by atomic mass is 19.1. The zero-order chi connectivity index (χ0) is 37.7. The molecule has 1 amide bonds.